The number of hydrogen-bond donors (Lipinski definition) is 2. The summed E-state index contributed by atoms with van der Waals surface area (Å²) in [6, 6.07) is 11.9. The van der Waals surface area contributed by atoms with Gasteiger partial charge < -0.3 is 15.0 Å². The van der Waals surface area contributed by atoms with Crippen LogP contribution in [0.15, 0.2) is 41.2 Å². The first-order valence-corrected chi connectivity index (χ1v) is 7.29. The molecule has 0 saturated heterocycles. The fourth-order valence-electron chi connectivity index (χ4n) is 2.08. The van der Waals surface area contributed by atoms with E-state index < -0.39 is 0 Å². The number of hydrogen-bond acceptors (Lipinski definition) is 3. The molecule has 1 heterocycles. The number of para-hydroxylation sites is 1. The Bertz CT molecular complexity index is 647. The second-order valence-electron chi connectivity index (χ2n) is 5.19. The van der Waals surface area contributed by atoms with E-state index in [9.17, 15) is 4.79 Å². The van der Waals surface area contributed by atoms with Gasteiger partial charge in [-0.2, -0.15) is 0 Å². The van der Waals surface area contributed by atoms with Gasteiger partial charge in [-0.1, -0.05) is 32.0 Å². The van der Waals surface area contributed by atoms with Crippen molar-refractivity contribution >= 4 is 0 Å². The first-order valence-electron chi connectivity index (χ1n) is 7.29. The summed E-state index contributed by atoms with van der Waals surface area (Å²) in [5.74, 6) is 0.781. The molecule has 2 N–H and O–H groups in total. The lowest BCUT2D eigenvalue weighted by molar-refractivity contribution is 0.341. The summed E-state index contributed by atoms with van der Waals surface area (Å²) in [6.07, 6.45) is 0. The number of H-pyrrole nitrogens is 1. The summed E-state index contributed by atoms with van der Waals surface area (Å²) in [6.45, 7) is 7.22. The molecular formula is C17H22N2O2. The van der Waals surface area contributed by atoms with Gasteiger partial charge in [0, 0.05) is 23.7 Å². The molecule has 0 bridgehead atoms. The number of aromatic amines is 1. The molecular weight excluding hydrogens is 264 g/mol. The molecule has 4 heteroatoms. The van der Waals surface area contributed by atoms with Gasteiger partial charge in [0.1, 0.15) is 5.75 Å². The number of nitrogens with one attached hydrogen (secondary N) is 2. The maximum Gasteiger partial charge on any atom is 0.252 e. The normalized spacial score (nSPS) is 10.9. The standard InChI is InChI=1S/C17H22N2O2/c1-4-21-16-8-6-5-7-14(16)15-10-9-13(17(20)19-15)11-18-12(2)3/h5-10,12,18H,4,11H2,1-3H3,(H,19,20). The van der Waals surface area contributed by atoms with Crippen LogP contribution in [0.25, 0.3) is 11.3 Å². The van der Waals surface area contributed by atoms with E-state index in [4.69, 9.17) is 4.74 Å². The van der Waals surface area contributed by atoms with Gasteiger partial charge in [0.25, 0.3) is 5.56 Å². The third-order valence-electron chi connectivity index (χ3n) is 3.17. The van der Waals surface area contributed by atoms with Crippen molar-refractivity contribution < 1.29 is 4.74 Å². The van der Waals surface area contributed by atoms with E-state index in [-0.39, 0.29) is 5.56 Å². The maximum atomic E-state index is 12.2. The summed E-state index contributed by atoms with van der Waals surface area (Å²) in [4.78, 5) is 15.1. The van der Waals surface area contributed by atoms with E-state index >= 15 is 0 Å². The van der Waals surface area contributed by atoms with Crippen LogP contribution in [0.4, 0.5) is 0 Å². The van der Waals surface area contributed by atoms with Gasteiger partial charge in [0.15, 0.2) is 0 Å². The summed E-state index contributed by atoms with van der Waals surface area (Å²) in [5.41, 5.74) is 2.35. The topological polar surface area (TPSA) is 54.1 Å². The minimum atomic E-state index is -0.0630. The average molecular weight is 286 g/mol. The molecule has 0 spiro atoms. The smallest absolute Gasteiger partial charge is 0.252 e. The molecule has 0 fully saturated rings. The van der Waals surface area contributed by atoms with Crippen LogP contribution in [-0.2, 0) is 6.54 Å². The van der Waals surface area contributed by atoms with Crippen LogP contribution in [0.5, 0.6) is 5.75 Å². The summed E-state index contributed by atoms with van der Waals surface area (Å²) >= 11 is 0. The molecule has 21 heavy (non-hydrogen) atoms. The van der Waals surface area contributed by atoms with Gasteiger partial charge in [0.2, 0.25) is 0 Å². The number of ether oxygens (including phenoxy) is 1. The molecule has 0 unspecified atom stereocenters. The highest BCUT2D eigenvalue weighted by molar-refractivity contribution is 5.66. The fourth-order valence-corrected chi connectivity index (χ4v) is 2.08. The Morgan fingerprint density at radius 1 is 1.19 bits per heavy atom. The lowest BCUT2D eigenvalue weighted by Crippen LogP contribution is -2.26. The van der Waals surface area contributed by atoms with Gasteiger partial charge in [-0.3, -0.25) is 4.79 Å². The van der Waals surface area contributed by atoms with Crippen LogP contribution in [0.2, 0.25) is 0 Å². The molecule has 2 rings (SSSR count). The molecule has 0 atom stereocenters. The van der Waals surface area contributed by atoms with Gasteiger partial charge in [-0.05, 0) is 25.1 Å². The van der Waals surface area contributed by atoms with Crippen LogP contribution in [-0.4, -0.2) is 17.6 Å². The molecule has 2 aromatic rings. The lowest BCUT2D eigenvalue weighted by Gasteiger charge is -2.11. The van der Waals surface area contributed by atoms with E-state index in [0.29, 0.717) is 19.2 Å². The second-order valence-corrected chi connectivity index (χ2v) is 5.19. The molecule has 0 aliphatic heterocycles. The van der Waals surface area contributed by atoms with E-state index in [1.807, 2.05) is 43.3 Å². The second kappa shape index (κ2) is 7.09. The number of aromatic nitrogens is 1. The third-order valence-corrected chi connectivity index (χ3v) is 3.17. The Hall–Kier alpha value is -2.07. The van der Waals surface area contributed by atoms with Crippen molar-refractivity contribution in [3.63, 3.8) is 0 Å². The van der Waals surface area contributed by atoms with Gasteiger partial charge in [-0.25, -0.2) is 0 Å². The zero-order valence-corrected chi connectivity index (χ0v) is 12.8. The summed E-state index contributed by atoms with van der Waals surface area (Å²) in [5, 5.41) is 3.25. The predicted octanol–water partition coefficient (Wildman–Crippen LogP) is 2.94. The van der Waals surface area contributed by atoms with Crippen molar-refractivity contribution in [1.82, 2.24) is 10.3 Å². The van der Waals surface area contributed by atoms with E-state index in [2.05, 4.69) is 24.1 Å². The van der Waals surface area contributed by atoms with Crippen LogP contribution in [0.1, 0.15) is 26.3 Å². The number of rotatable bonds is 6. The van der Waals surface area contributed by atoms with E-state index in [1.165, 1.54) is 0 Å². The van der Waals surface area contributed by atoms with E-state index in [0.717, 1.165) is 22.6 Å². The number of benzene rings is 1. The Kier molecular flexibility index (Phi) is 5.17. The minimum absolute atomic E-state index is 0.0630. The molecule has 1 aromatic carbocycles. The Morgan fingerprint density at radius 3 is 2.62 bits per heavy atom. The quantitative estimate of drug-likeness (QED) is 0.858. The van der Waals surface area contributed by atoms with Crippen molar-refractivity contribution in [3.8, 4) is 17.0 Å². The van der Waals surface area contributed by atoms with Crippen LogP contribution >= 0.6 is 0 Å². The first-order chi connectivity index (χ1) is 10.1. The third kappa shape index (κ3) is 3.95. The highest BCUT2D eigenvalue weighted by Crippen LogP contribution is 2.27. The van der Waals surface area contributed by atoms with Gasteiger partial charge in [0.05, 0.1) is 12.3 Å². The zero-order chi connectivity index (χ0) is 15.2. The largest absolute Gasteiger partial charge is 0.493 e. The first kappa shape index (κ1) is 15.3. The molecule has 1 aromatic heterocycles. The molecule has 112 valence electrons. The van der Waals surface area contributed by atoms with Crippen molar-refractivity contribution in [3.05, 3.63) is 52.3 Å². The molecule has 0 aliphatic carbocycles. The summed E-state index contributed by atoms with van der Waals surface area (Å²) < 4.78 is 5.61. The molecule has 0 radical (unpaired) electrons. The Labute approximate surface area is 125 Å². The van der Waals surface area contributed by atoms with Gasteiger partial charge >= 0.3 is 0 Å². The highest BCUT2D eigenvalue weighted by Gasteiger charge is 2.08. The number of pyridine rings is 1. The summed E-state index contributed by atoms with van der Waals surface area (Å²) in [7, 11) is 0. The molecule has 4 nitrogen and oxygen atoms in total. The molecule has 0 aliphatic rings. The molecule has 0 amide bonds. The Balaban J connectivity index is 2.30. The lowest BCUT2D eigenvalue weighted by atomic mass is 10.1. The SMILES string of the molecule is CCOc1ccccc1-c1ccc(CNC(C)C)c(=O)[nH]1. The molecule has 0 saturated carbocycles. The van der Waals surface area contributed by atoms with Crippen LogP contribution in [0, 0.1) is 0 Å². The van der Waals surface area contributed by atoms with Crippen LogP contribution < -0.4 is 15.6 Å². The minimum Gasteiger partial charge on any atom is -0.493 e. The predicted molar refractivity (Wildman–Crippen MR) is 85.6 cm³/mol. The van der Waals surface area contributed by atoms with Gasteiger partial charge in [-0.15, -0.1) is 0 Å². The van der Waals surface area contributed by atoms with Crippen molar-refractivity contribution in [2.45, 2.75) is 33.4 Å². The van der Waals surface area contributed by atoms with E-state index in [1.54, 1.807) is 0 Å². The Morgan fingerprint density at radius 2 is 1.95 bits per heavy atom. The van der Waals surface area contributed by atoms with Crippen molar-refractivity contribution in [2.75, 3.05) is 6.61 Å². The maximum absolute atomic E-state index is 12.2. The average Bonchev–Trinajstić information content (AvgIpc) is 2.47. The fraction of sp³-hybridized carbons (Fsp3) is 0.353. The van der Waals surface area contributed by atoms with Crippen molar-refractivity contribution in [2.24, 2.45) is 0 Å². The van der Waals surface area contributed by atoms with Crippen molar-refractivity contribution in [1.29, 1.82) is 0 Å². The highest BCUT2D eigenvalue weighted by atomic mass is 16.5. The van der Waals surface area contributed by atoms with Crippen LogP contribution in [0.3, 0.4) is 0 Å². The monoisotopic (exact) mass is 286 g/mol. The zero-order valence-electron chi connectivity index (χ0n) is 12.8.